The highest BCUT2D eigenvalue weighted by atomic mass is 16.3. The van der Waals surface area contributed by atoms with E-state index in [4.69, 9.17) is 10.2 Å². The first-order chi connectivity index (χ1) is 7.80. The Morgan fingerprint density at radius 2 is 1.88 bits per heavy atom. The molecule has 1 rings (SSSR count). The van der Waals surface area contributed by atoms with Gasteiger partial charge in [0, 0.05) is 26.7 Å². The average molecular weight is 226 g/mol. The van der Waals surface area contributed by atoms with Crippen molar-refractivity contribution >= 4 is 5.82 Å². The maximum atomic E-state index is 8.85. The van der Waals surface area contributed by atoms with Gasteiger partial charge in [0.15, 0.2) is 0 Å². The first kappa shape index (κ1) is 12.8. The first-order valence-electron chi connectivity index (χ1n) is 5.23. The Labute approximate surface area is 95.0 Å². The second-order valence-electron chi connectivity index (χ2n) is 3.37. The summed E-state index contributed by atoms with van der Waals surface area (Å²) in [6.45, 7) is 1.77. The first-order valence-corrected chi connectivity index (χ1v) is 5.23. The molecule has 0 saturated carbocycles. The molecule has 3 N–H and O–H groups in total. The van der Waals surface area contributed by atoms with Gasteiger partial charge in [0.1, 0.15) is 5.82 Å². The van der Waals surface area contributed by atoms with Crippen molar-refractivity contribution in [2.75, 3.05) is 38.7 Å². The maximum Gasteiger partial charge on any atom is 0.144 e. The predicted molar refractivity (Wildman–Crippen MR) is 61.0 cm³/mol. The normalized spacial score (nSPS) is 10.8. The Bertz CT molecular complexity index is 285. The third-order valence-electron chi connectivity index (χ3n) is 2.18. The molecule has 0 atom stereocenters. The van der Waals surface area contributed by atoms with Crippen LogP contribution in [0.3, 0.4) is 0 Å². The summed E-state index contributed by atoms with van der Waals surface area (Å²) in [5, 5.41) is 20.6. The van der Waals surface area contributed by atoms with Crippen LogP contribution in [0.25, 0.3) is 0 Å². The summed E-state index contributed by atoms with van der Waals surface area (Å²) in [5.41, 5.74) is 0.820. The van der Waals surface area contributed by atoms with E-state index >= 15 is 0 Å². The lowest BCUT2D eigenvalue weighted by atomic mass is 10.3. The van der Waals surface area contributed by atoms with Crippen LogP contribution in [0.2, 0.25) is 0 Å². The third-order valence-corrected chi connectivity index (χ3v) is 2.18. The summed E-state index contributed by atoms with van der Waals surface area (Å²) in [6.07, 6.45) is 3.35. The zero-order valence-electron chi connectivity index (χ0n) is 9.43. The van der Waals surface area contributed by atoms with Gasteiger partial charge in [0.05, 0.1) is 31.3 Å². The van der Waals surface area contributed by atoms with E-state index in [0.29, 0.717) is 19.6 Å². The molecule has 0 aliphatic carbocycles. The Balaban J connectivity index is 2.54. The molecule has 1 aromatic heterocycles. The minimum atomic E-state index is 0.0715. The number of nitrogens with one attached hydrogen (secondary N) is 1. The topological polar surface area (TPSA) is 81.5 Å². The summed E-state index contributed by atoms with van der Waals surface area (Å²) in [5.74, 6) is 0.722. The molecule has 6 nitrogen and oxygen atoms in total. The van der Waals surface area contributed by atoms with Crippen LogP contribution < -0.4 is 5.32 Å². The molecule has 0 bridgehead atoms. The Morgan fingerprint density at radius 1 is 1.19 bits per heavy atom. The minimum absolute atomic E-state index is 0.0715. The van der Waals surface area contributed by atoms with Crippen LogP contribution in [-0.2, 0) is 6.54 Å². The molecule has 6 heteroatoms. The van der Waals surface area contributed by atoms with Crippen molar-refractivity contribution in [3.05, 3.63) is 18.1 Å². The smallest absolute Gasteiger partial charge is 0.144 e. The van der Waals surface area contributed by atoms with E-state index in [0.717, 1.165) is 11.5 Å². The zero-order valence-corrected chi connectivity index (χ0v) is 9.43. The largest absolute Gasteiger partial charge is 0.395 e. The summed E-state index contributed by atoms with van der Waals surface area (Å²) >= 11 is 0. The zero-order chi connectivity index (χ0) is 11.8. The Morgan fingerprint density at radius 3 is 2.31 bits per heavy atom. The number of aromatic nitrogens is 2. The van der Waals surface area contributed by atoms with Crippen LogP contribution in [0.15, 0.2) is 12.4 Å². The van der Waals surface area contributed by atoms with E-state index in [1.54, 1.807) is 19.4 Å². The van der Waals surface area contributed by atoms with Crippen molar-refractivity contribution in [2.24, 2.45) is 0 Å². The molecular weight excluding hydrogens is 208 g/mol. The lowest BCUT2D eigenvalue weighted by molar-refractivity contribution is 0.154. The minimum Gasteiger partial charge on any atom is -0.395 e. The van der Waals surface area contributed by atoms with Crippen molar-refractivity contribution in [3.63, 3.8) is 0 Å². The van der Waals surface area contributed by atoms with Gasteiger partial charge in [-0.2, -0.15) is 0 Å². The molecule has 1 heterocycles. The van der Waals surface area contributed by atoms with E-state index in [2.05, 4.69) is 15.3 Å². The predicted octanol–water partition coefficient (Wildman–Crippen LogP) is -0.695. The van der Waals surface area contributed by atoms with E-state index in [9.17, 15) is 0 Å². The molecule has 0 amide bonds. The lowest BCUT2D eigenvalue weighted by Crippen LogP contribution is -2.29. The molecule has 0 saturated heterocycles. The van der Waals surface area contributed by atoms with Gasteiger partial charge in [0.2, 0.25) is 0 Å². The van der Waals surface area contributed by atoms with Gasteiger partial charge < -0.3 is 15.5 Å². The third kappa shape index (κ3) is 4.09. The van der Waals surface area contributed by atoms with Crippen LogP contribution in [0.1, 0.15) is 5.69 Å². The van der Waals surface area contributed by atoms with Gasteiger partial charge in [-0.25, -0.2) is 4.98 Å². The van der Waals surface area contributed by atoms with Gasteiger partial charge in [0.25, 0.3) is 0 Å². The highest BCUT2D eigenvalue weighted by Gasteiger charge is 2.05. The molecule has 1 aromatic rings. The number of rotatable bonds is 7. The van der Waals surface area contributed by atoms with Crippen molar-refractivity contribution in [2.45, 2.75) is 6.54 Å². The van der Waals surface area contributed by atoms with Crippen LogP contribution in [-0.4, -0.2) is 58.4 Å². The van der Waals surface area contributed by atoms with E-state index in [-0.39, 0.29) is 13.2 Å². The molecule has 90 valence electrons. The summed E-state index contributed by atoms with van der Waals surface area (Å²) in [4.78, 5) is 10.3. The molecule has 0 fully saturated rings. The van der Waals surface area contributed by atoms with Gasteiger partial charge in [-0.1, -0.05) is 0 Å². The molecule has 0 spiro atoms. The number of hydrogen-bond donors (Lipinski definition) is 3. The van der Waals surface area contributed by atoms with E-state index in [1.165, 1.54) is 0 Å². The number of nitrogens with zero attached hydrogens (tertiary/aromatic N) is 3. The van der Waals surface area contributed by atoms with Gasteiger partial charge in [-0.15, -0.1) is 0 Å². The molecule has 0 aliphatic rings. The Hall–Kier alpha value is -1.24. The van der Waals surface area contributed by atoms with Crippen LogP contribution >= 0.6 is 0 Å². The van der Waals surface area contributed by atoms with Crippen molar-refractivity contribution in [1.29, 1.82) is 0 Å². The van der Waals surface area contributed by atoms with Gasteiger partial charge in [-0.3, -0.25) is 9.88 Å². The fourth-order valence-corrected chi connectivity index (χ4v) is 1.35. The standard InChI is InChI=1S/C10H18N4O2/c1-11-10-7-12-9(6-13-10)8-14(2-4-15)3-5-16/h6-7,15-16H,2-5,8H2,1H3,(H,11,13). The van der Waals surface area contributed by atoms with Crippen molar-refractivity contribution in [3.8, 4) is 0 Å². The Kier molecular flexibility index (Phi) is 5.69. The highest BCUT2D eigenvalue weighted by Crippen LogP contribution is 2.03. The van der Waals surface area contributed by atoms with Crippen molar-refractivity contribution in [1.82, 2.24) is 14.9 Å². The summed E-state index contributed by atoms with van der Waals surface area (Å²) in [7, 11) is 1.79. The number of aliphatic hydroxyl groups excluding tert-OH is 2. The number of aliphatic hydroxyl groups is 2. The van der Waals surface area contributed by atoms with Crippen LogP contribution in [0, 0.1) is 0 Å². The fourth-order valence-electron chi connectivity index (χ4n) is 1.35. The number of hydrogen-bond acceptors (Lipinski definition) is 6. The van der Waals surface area contributed by atoms with E-state index in [1.807, 2.05) is 4.90 Å². The molecule has 0 unspecified atom stereocenters. The second-order valence-corrected chi connectivity index (χ2v) is 3.37. The molecule has 0 radical (unpaired) electrons. The van der Waals surface area contributed by atoms with Crippen LogP contribution in [0.4, 0.5) is 5.82 Å². The highest BCUT2D eigenvalue weighted by molar-refractivity contribution is 5.29. The molecular formula is C10H18N4O2. The molecule has 16 heavy (non-hydrogen) atoms. The molecule has 0 aromatic carbocycles. The number of anilines is 1. The quantitative estimate of drug-likeness (QED) is 0.570. The van der Waals surface area contributed by atoms with Crippen LogP contribution in [0.5, 0.6) is 0 Å². The van der Waals surface area contributed by atoms with E-state index < -0.39 is 0 Å². The maximum absolute atomic E-state index is 8.85. The lowest BCUT2D eigenvalue weighted by Gasteiger charge is -2.19. The second kappa shape index (κ2) is 7.10. The fraction of sp³-hybridized carbons (Fsp3) is 0.600. The van der Waals surface area contributed by atoms with Crippen molar-refractivity contribution < 1.29 is 10.2 Å². The summed E-state index contributed by atoms with van der Waals surface area (Å²) < 4.78 is 0. The van der Waals surface area contributed by atoms with Gasteiger partial charge >= 0.3 is 0 Å². The van der Waals surface area contributed by atoms with Gasteiger partial charge in [-0.05, 0) is 0 Å². The SMILES string of the molecule is CNc1cnc(CN(CCO)CCO)cn1. The monoisotopic (exact) mass is 226 g/mol. The summed E-state index contributed by atoms with van der Waals surface area (Å²) in [6, 6.07) is 0. The average Bonchev–Trinajstić information content (AvgIpc) is 2.31. The molecule has 0 aliphatic heterocycles.